The molecule has 0 amide bonds. The van der Waals surface area contributed by atoms with E-state index in [1.165, 1.54) is 43.4 Å². The fourth-order valence-electron chi connectivity index (χ4n) is 5.45. The molecule has 4 aliphatic carbocycles. The molecule has 4 fully saturated rings. The Morgan fingerprint density at radius 2 is 1.78 bits per heavy atom. The molecular weight excluding hydrogens is 222 g/mol. The Morgan fingerprint density at radius 1 is 1.17 bits per heavy atom. The first-order chi connectivity index (χ1) is 8.76. The molecule has 4 aliphatic rings. The zero-order chi connectivity index (χ0) is 12.3. The van der Waals surface area contributed by atoms with Gasteiger partial charge in [0.15, 0.2) is 0 Å². The molecule has 1 heterocycles. The van der Waals surface area contributed by atoms with E-state index in [1.807, 2.05) is 6.20 Å². The molecule has 4 saturated carbocycles. The number of aromatic nitrogens is 2. The molecule has 2 N–H and O–H groups in total. The second-order valence-electron chi connectivity index (χ2n) is 6.84. The molecule has 3 nitrogen and oxygen atoms in total. The van der Waals surface area contributed by atoms with Gasteiger partial charge in [0.2, 0.25) is 0 Å². The topological polar surface area (TPSA) is 43.8 Å². The van der Waals surface area contributed by atoms with Crippen LogP contribution in [0, 0.1) is 23.7 Å². The summed E-state index contributed by atoms with van der Waals surface area (Å²) in [6.07, 6.45) is 9.37. The molecule has 0 spiro atoms. The van der Waals surface area contributed by atoms with Crippen LogP contribution in [0.2, 0.25) is 0 Å². The fourth-order valence-corrected chi connectivity index (χ4v) is 5.45. The van der Waals surface area contributed by atoms with Gasteiger partial charge >= 0.3 is 0 Å². The molecule has 3 heteroatoms. The average molecular weight is 245 g/mol. The van der Waals surface area contributed by atoms with Crippen molar-refractivity contribution in [2.24, 2.45) is 36.5 Å². The third-order valence-electron chi connectivity index (χ3n) is 5.83. The maximum atomic E-state index is 5.90. The molecule has 1 aromatic rings. The molecule has 0 aromatic carbocycles. The summed E-state index contributed by atoms with van der Waals surface area (Å²) in [6, 6.07) is 0. The minimum Gasteiger partial charge on any atom is -0.326 e. The van der Waals surface area contributed by atoms with Crippen LogP contribution in [0.1, 0.15) is 49.3 Å². The minimum atomic E-state index is 0.645. The number of hydrogen-bond acceptors (Lipinski definition) is 2. The lowest BCUT2D eigenvalue weighted by molar-refractivity contribution is -0.00561. The molecule has 98 valence electrons. The van der Waals surface area contributed by atoms with Gasteiger partial charge in [0.1, 0.15) is 0 Å². The zero-order valence-corrected chi connectivity index (χ0v) is 11.2. The Bertz CT molecular complexity index is 434. The van der Waals surface area contributed by atoms with Crippen molar-refractivity contribution in [2.75, 3.05) is 0 Å². The van der Waals surface area contributed by atoms with Crippen molar-refractivity contribution >= 4 is 0 Å². The normalized spacial score (nSPS) is 41.6. The zero-order valence-electron chi connectivity index (χ0n) is 11.2. The Kier molecular flexibility index (Phi) is 2.35. The van der Waals surface area contributed by atoms with Crippen LogP contribution < -0.4 is 5.73 Å². The Hall–Kier alpha value is -0.830. The maximum absolute atomic E-state index is 5.90. The van der Waals surface area contributed by atoms with E-state index in [1.54, 1.807) is 0 Å². The molecule has 4 bridgehead atoms. The van der Waals surface area contributed by atoms with Gasteiger partial charge in [-0.1, -0.05) is 0 Å². The first kappa shape index (κ1) is 11.0. The van der Waals surface area contributed by atoms with Gasteiger partial charge in [-0.15, -0.1) is 0 Å². The SMILES string of the molecule is Cn1ncc(CN)c1C1C2CC3CC(C2)CC1C3. The molecular formula is C15H23N3. The molecule has 0 atom stereocenters. The summed E-state index contributed by atoms with van der Waals surface area (Å²) >= 11 is 0. The fraction of sp³-hybridized carbons (Fsp3) is 0.800. The van der Waals surface area contributed by atoms with Crippen molar-refractivity contribution in [2.45, 2.75) is 44.6 Å². The first-order valence-electron chi connectivity index (χ1n) is 7.47. The lowest BCUT2D eigenvalue weighted by Crippen LogP contribution is -2.44. The summed E-state index contributed by atoms with van der Waals surface area (Å²) in [5.74, 6) is 4.67. The smallest absolute Gasteiger partial charge is 0.0537 e. The summed E-state index contributed by atoms with van der Waals surface area (Å²) in [5.41, 5.74) is 8.65. The van der Waals surface area contributed by atoms with Crippen molar-refractivity contribution in [1.29, 1.82) is 0 Å². The van der Waals surface area contributed by atoms with Gasteiger partial charge in [0.05, 0.1) is 6.20 Å². The third-order valence-corrected chi connectivity index (χ3v) is 5.83. The van der Waals surface area contributed by atoms with E-state index in [-0.39, 0.29) is 0 Å². The van der Waals surface area contributed by atoms with Crippen LogP contribution in [-0.4, -0.2) is 9.78 Å². The van der Waals surface area contributed by atoms with E-state index in [9.17, 15) is 0 Å². The highest BCUT2D eigenvalue weighted by molar-refractivity contribution is 5.25. The maximum Gasteiger partial charge on any atom is 0.0537 e. The van der Waals surface area contributed by atoms with E-state index < -0.39 is 0 Å². The van der Waals surface area contributed by atoms with Crippen molar-refractivity contribution in [3.63, 3.8) is 0 Å². The summed E-state index contributed by atoms with van der Waals surface area (Å²) in [6.45, 7) is 0.645. The second kappa shape index (κ2) is 3.83. The lowest BCUT2D eigenvalue weighted by atomic mass is 9.51. The van der Waals surface area contributed by atoms with E-state index in [0.717, 1.165) is 29.6 Å². The van der Waals surface area contributed by atoms with E-state index in [4.69, 9.17) is 5.73 Å². The van der Waals surface area contributed by atoms with Gasteiger partial charge in [-0.05, 0) is 55.8 Å². The number of hydrogen-bond donors (Lipinski definition) is 1. The molecule has 18 heavy (non-hydrogen) atoms. The summed E-state index contributed by atoms with van der Waals surface area (Å²) in [7, 11) is 2.10. The van der Waals surface area contributed by atoms with Gasteiger partial charge in [0.25, 0.3) is 0 Å². The minimum absolute atomic E-state index is 0.645. The van der Waals surface area contributed by atoms with Gasteiger partial charge in [-0.3, -0.25) is 4.68 Å². The van der Waals surface area contributed by atoms with Gasteiger partial charge in [-0.2, -0.15) is 5.10 Å². The van der Waals surface area contributed by atoms with Crippen molar-refractivity contribution in [3.8, 4) is 0 Å². The molecule has 0 unspecified atom stereocenters. The van der Waals surface area contributed by atoms with E-state index in [0.29, 0.717) is 6.54 Å². The number of nitrogens with two attached hydrogens (primary N) is 1. The predicted molar refractivity (Wildman–Crippen MR) is 70.9 cm³/mol. The number of nitrogens with zero attached hydrogens (tertiary/aromatic N) is 2. The van der Waals surface area contributed by atoms with Crippen LogP contribution in [0.3, 0.4) is 0 Å². The van der Waals surface area contributed by atoms with Crippen LogP contribution >= 0.6 is 0 Å². The van der Waals surface area contributed by atoms with Crippen LogP contribution in [0.15, 0.2) is 6.20 Å². The summed E-state index contributed by atoms with van der Waals surface area (Å²) in [4.78, 5) is 0. The van der Waals surface area contributed by atoms with Gasteiger partial charge in [-0.25, -0.2) is 0 Å². The Balaban J connectivity index is 1.74. The van der Waals surface area contributed by atoms with Gasteiger partial charge < -0.3 is 5.73 Å². The van der Waals surface area contributed by atoms with Crippen LogP contribution in [0.25, 0.3) is 0 Å². The highest BCUT2D eigenvalue weighted by Gasteiger charge is 2.49. The second-order valence-corrected chi connectivity index (χ2v) is 6.84. The molecule has 0 aliphatic heterocycles. The first-order valence-corrected chi connectivity index (χ1v) is 7.47. The summed E-state index contributed by atoms with van der Waals surface area (Å²) < 4.78 is 2.11. The predicted octanol–water partition coefficient (Wildman–Crippen LogP) is 2.42. The molecule has 0 saturated heterocycles. The van der Waals surface area contributed by atoms with Crippen LogP contribution in [-0.2, 0) is 13.6 Å². The quantitative estimate of drug-likeness (QED) is 0.869. The average Bonchev–Trinajstić information content (AvgIpc) is 2.70. The van der Waals surface area contributed by atoms with E-state index >= 15 is 0 Å². The van der Waals surface area contributed by atoms with Crippen LogP contribution in [0.4, 0.5) is 0 Å². The van der Waals surface area contributed by atoms with Crippen molar-refractivity contribution in [3.05, 3.63) is 17.5 Å². The lowest BCUT2D eigenvalue weighted by Gasteiger charge is -2.54. The number of rotatable bonds is 2. The Labute approximate surface area is 109 Å². The van der Waals surface area contributed by atoms with E-state index in [2.05, 4.69) is 16.8 Å². The number of aryl methyl sites for hydroxylation is 1. The molecule has 1 aromatic heterocycles. The third kappa shape index (κ3) is 1.43. The molecule has 5 rings (SSSR count). The highest BCUT2D eigenvalue weighted by Crippen LogP contribution is 2.59. The van der Waals surface area contributed by atoms with Crippen molar-refractivity contribution < 1.29 is 0 Å². The van der Waals surface area contributed by atoms with Gasteiger partial charge in [0, 0.05) is 30.8 Å². The summed E-state index contributed by atoms with van der Waals surface area (Å²) in [5, 5.41) is 4.46. The Morgan fingerprint density at radius 3 is 2.33 bits per heavy atom. The largest absolute Gasteiger partial charge is 0.326 e. The molecule has 0 radical (unpaired) electrons. The van der Waals surface area contributed by atoms with Crippen LogP contribution in [0.5, 0.6) is 0 Å². The van der Waals surface area contributed by atoms with Crippen molar-refractivity contribution in [1.82, 2.24) is 9.78 Å². The standard InChI is InChI=1S/C15H23N3/c1-18-15(13(7-16)8-17-18)14-11-3-9-2-10(5-11)6-12(14)4-9/h8-12,14H,2-7,16H2,1H3. The monoisotopic (exact) mass is 245 g/mol. The highest BCUT2D eigenvalue weighted by atomic mass is 15.3.